The van der Waals surface area contributed by atoms with Crippen LogP contribution in [-0.4, -0.2) is 40.3 Å². The van der Waals surface area contributed by atoms with Crippen LogP contribution in [0.4, 0.5) is 0 Å². The lowest BCUT2D eigenvalue weighted by Crippen LogP contribution is -2.58. The first-order chi connectivity index (χ1) is 10.3. The lowest BCUT2D eigenvalue weighted by Gasteiger charge is -2.48. The molecule has 0 radical (unpaired) electrons. The average Bonchev–Trinajstić information content (AvgIpc) is 3.01. The van der Waals surface area contributed by atoms with E-state index in [1.807, 2.05) is 18.2 Å². The fourth-order valence-corrected chi connectivity index (χ4v) is 4.26. The minimum absolute atomic E-state index is 0.268. The highest BCUT2D eigenvalue weighted by Gasteiger charge is 2.41. The van der Waals surface area contributed by atoms with E-state index < -0.39 is 0 Å². The Labute approximate surface area is 128 Å². The smallest absolute Gasteiger partial charge is 0.294 e. The first kappa shape index (κ1) is 13.2. The molecule has 0 N–H and O–H groups in total. The Morgan fingerprint density at radius 3 is 2.62 bits per heavy atom. The van der Waals surface area contributed by atoms with E-state index in [-0.39, 0.29) is 6.10 Å². The standard InChI is InChI=1S/C16H19N3OS/c1-11-14(12-7-9-19(11)10-8-12)20-16-18-17-15(21-16)13-5-3-2-4-6-13/h2-6,11-12,14H,7-10H2,1H3/t11-,14-/m0/s1. The molecule has 5 heteroatoms. The molecule has 2 bridgehead atoms. The van der Waals surface area contributed by atoms with Crippen molar-refractivity contribution in [2.45, 2.75) is 31.9 Å². The van der Waals surface area contributed by atoms with Gasteiger partial charge in [0.1, 0.15) is 6.10 Å². The van der Waals surface area contributed by atoms with Gasteiger partial charge in [-0.15, -0.1) is 5.10 Å². The van der Waals surface area contributed by atoms with E-state index in [0.717, 1.165) is 10.6 Å². The van der Waals surface area contributed by atoms with Crippen molar-refractivity contribution in [1.29, 1.82) is 0 Å². The molecule has 110 valence electrons. The van der Waals surface area contributed by atoms with Crippen LogP contribution in [0, 0.1) is 5.92 Å². The molecule has 5 rings (SSSR count). The topological polar surface area (TPSA) is 38.3 Å². The molecule has 4 heterocycles. The van der Waals surface area contributed by atoms with Gasteiger partial charge in [-0.1, -0.05) is 46.8 Å². The van der Waals surface area contributed by atoms with E-state index in [0.29, 0.717) is 17.2 Å². The van der Waals surface area contributed by atoms with Crippen molar-refractivity contribution in [3.8, 4) is 15.8 Å². The van der Waals surface area contributed by atoms with E-state index >= 15 is 0 Å². The fraction of sp³-hybridized carbons (Fsp3) is 0.500. The van der Waals surface area contributed by atoms with Gasteiger partial charge in [0.15, 0.2) is 5.01 Å². The van der Waals surface area contributed by atoms with E-state index in [9.17, 15) is 0 Å². The van der Waals surface area contributed by atoms with E-state index in [1.54, 1.807) is 11.3 Å². The first-order valence-electron chi connectivity index (χ1n) is 7.61. The molecule has 1 aromatic heterocycles. The van der Waals surface area contributed by atoms with Gasteiger partial charge in [-0.3, -0.25) is 4.90 Å². The predicted molar refractivity (Wildman–Crippen MR) is 83.5 cm³/mol. The second-order valence-electron chi connectivity index (χ2n) is 5.94. The molecule has 3 saturated heterocycles. The second kappa shape index (κ2) is 5.39. The van der Waals surface area contributed by atoms with Crippen LogP contribution >= 0.6 is 11.3 Å². The van der Waals surface area contributed by atoms with Crippen LogP contribution in [-0.2, 0) is 0 Å². The zero-order valence-corrected chi connectivity index (χ0v) is 12.9. The maximum absolute atomic E-state index is 6.21. The number of aromatic nitrogens is 2. The Hall–Kier alpha value is -1.46. The van der Waals surface area contributed by atoms with Gasteiger partial charge in [-0.2, -0.15) is 0 Å². The van der Waals surface area contributed by atoms with Gasteiger partial charge in [0, 0.05) is 11.6 Å². The summed E-state index contributed by atoms with van der Waals surface area (Å²) in [5.74, 6) is 0.675. The summed E-state index contributed by atoms with van der Waals surface area (Å²) in [7, 11) is 0. The number of benzene rings is 1. The molecule has 2 aromatic rings. The van der Waals surface area contributed by atoms with Crippen LogP contribution in [0.2, 0.25) is 0 Å². The summed E-state index contributed by atoms with van der Waals surface area (Å²) in [5, 5.41) is 10.1. The quantitative estimate of drug-likeness (QED) is 0.873. The summed E-state index contributed by atoms with van der Waals surface area (Å²) in [6, 6.07) is 10.7. The van der Waals surface area contributed by atoms with Crippen LogP contribution in [0.25, 0.3) is 10.6 Å². The first-order valence-corrected chi connectivity index (χ1v) is 8.42. The summed E-state index contributed by atoms with van der Waals surface area (Å²) >= 11 is 1.55. The molecule has 3 aliphatic heterocycles. The zero-order valence-electron chi connectivity index (χ0n) is 12.1. The molecule has 21 heavy (non-hydrogen) atoms. The SMILES string of the molecule is C[C@H]1[C@H](Oc2nnc(-c3ccccc3)s2)C2CCN1CC2. The maximum Gasteiger partial charge on any atom is 0.294 e. The average molecular weight is 301 g/mol. The van der Waals surface area contributed by atoms with Crippen LogP contribution in [0.1, 0.15) is 19.8 Å². The van der Waals surface area contributed by atoms with Gasteiger partial charge >= 0.3 is 0 Å². The number of fused-ring (bicyclic) bond motifs is 3. The third kappa shape index (κ3) is 2.45. The number of piperidine rings is 3. The van der Waals surface area contributed by atoms with Crippen molar-refractivity contribution >= 4 is 11.3 Å². The molecule has 3 aliphatic rings. The molecule has 1 aromatic carbocycles. The second-order valence-corrected chi connectivity index (χ2v) is 6.88. The Balaban J connectivity index is 1.52. The summed E-state index contributed by atoms with van der Waals surface area (Å²) in [5.41, 5.74) is 1.10. The molecule has 0 unspecified atom stereocenters. The molecule has 0 saturated carbocycles. The van der Waals surface area contributed by atoms with Crippen LogP contribution < -0.4 is 4.74 Å². The Morgan fingerprint density at radius 1 is 1.14 bits per heavy atom. The Morgan fingerprint density at radius 2 is 1.90 bits per heavy atom. The van der Waals surface area contributed by atoms with Gasteiger partial charge in [0.05, 0.1) is 0 Å². The van der Waals surface area contributed by atoms with Gasteiger partial charge in [-0.05, 0) is 38.8 Å². The van der Waals surface area contributed by atoms with Crippen molar-refractivity contribution in [2.24, 2.45) is 5.92 Å². The minimum atomic E-state index is 0.268. The predicted octanol–water partition coefficient (Wildman–Crippen LogP) is 3.07. The number of rotatable bonds is 3. The summed E-state index contributed by atoms with van der Waals surface area (Å²) in [4.78, 5) is 2.53. The number of ether oxygens (including phenoxy) is 1. The van der Waals surface area contributed by atoms with Crippen molar-refractivity contribution < 1.29 is 4.74 Å². The molecule has 3 fully saturated rings. The molecular formula is C16H19N3OS. The van der Waals surface area contributed by atoms with E-state index in [2.05, 4.69) is 34.2 Å². The largest absolute Gasteiger partial charge is 0.464 e. The molecule has 4 nitrogen and oxygen atoms in total. The highest BCUT2D eigenvalue weighted by atomic mass is 32.1. The number of nitrogens with zero attached hydrogens (tertiary/aromatic N) is 3. The number of hydrogen-bond acceptors (Lipinski definition) is 5. The summed E-state index contributed by atoms with van der Waals surface area (Å²) < 4.78 is 6.21. The molecule has 0 aliphatic carbocycles. The van der Waals surface area contributed by atoms with Crippen molar-refractivity contribution in [3.63, 3.8) is 0 Å². The van der Waals surface area contributed by atoms with Gasteiger partial charge in [-0.25, -0.2) is 0 Å². The summed E-state index contributed by atoms with van der Waals surface area (Å²) in [6.45, 7) is 4.71. The Kier molecular flexibility index (Phi) is 3.39. The highest BCUT2D eigenvalue weighted by molar-refractivity contribution is 7.16. The van der Waals surface area contributed by atoms with Crippen molar-refractivity contribution in [1.82, 2.24) is 15.1 Å². The molecule has 0 amide bonds. The zero-order chi connectivity index (χ0) is 14.2. The van der Waals surface area contributed by atoms with Gasteiger partial charge in [0.25, 0.3) is 5.19 Å². The van der Waals surface area contributed by atoms with Gasteiger partial charge in [0.2, 0.25) is 0 Å². The molecular weight excluding hydrogens is 282 g/mol. The van der Waals surface area contributed by atoms with Crippen LogP contribution in [0.15, 0.2) is 30.3 Å². The highest BCUT2D eigenvalue weighted by Crippen LogP contribution is 2.36. The van der Waals surface area contributed by atoms with Crippen molar-refractivity contribution in [2.75, 3.05) is 13.1 Å². The third-order valence-electron chi connectivity index (χ3n) is 4.75. The normalized spacial score (nSPS) is 31.3. The van der Waals surface area contributed by atoms with Crippen LogP contribution in [0.5, 0.6) is 5.19 Å². The maximum atomic E-state index is 6.21. The number of hydrogen-bond donors (Lipinski definition) is 0. The fourth-order valence-electron chi connectivity index (χ4n) is 3.52. The minimum Gasteiger partial charge on any atom is -0.464 e. The lowest BCUT2D eigenvalue weighted by molar-refractivity contribution is -0.0510. The monoisotopic (exact) mass is 301 g/mol. The van der Waals surface area contributed by atoms with Crippen LogP contribution in [0.3, 0.4) is 0 Å². The van der Waals surface area contributed by atoms with Crippen molar-refractivity contribution in [3.05, 3.63) is 30.3 Å². The van der Waals surface area contributed by atoms with E-state index in [1.165, 1.54) is 25.9 Å². The van der Waals surface area contributed by atoms with Gasteiger partial charge < -0.3 is 4.74 Å². The molecule has 0 spiro atoms. The molecule has 2 atom stereocenters. The third-order valence-corrected chi connectivity index (χ3v) is 5.62. The Bertz CT molecular complexity index is 605. The lowest BCUT2D eigenvalue weighted by atomic mass is 9.81. The summed E-state index contributed by atoms with van der Waals surface area (Å²) in [6.07, 6.45) is 2.77. The van der Waals surface area contributed by atoms with E-state index in [4.69, 9.17) is 4.74 Å².